The predicted molar refractivity (Wildman–Crippen MR) is 91.1 cm³/mol. The number of sulfonamides is 1. The summed E-state index contributed by atoms with van der Waals surface area (Å²) in [7, 11) is -3.49. The molecular formula is C17H18N4O2S. The summed E-state index contributed by atoms with van der Waals surface area (Å²) in [5.74, 6) is 0.918. The third kappa shape index (κ3) is 2.40. The van der Waals surface area contributed by atoms with Gasteiger partial charge in [-0.15, -0.1) is 0 Å². The molecule has 0 amide bonds. The van der Waals surface area contributed by atoms with Crippen LogP contribution in [0.3, 0.4) is 0 Å². The Labute approximate surface area is 140 Å². The Hall–Kier alpha value is -2.25. The smallest absolute Gasteiger partial charge is 0.244 e. The minimum absolute atomic E-state index is 0.101. The zero-order valence-corrected chi connectivity index (χ0v) is 14.1. The lowest BCUT2D eigenvalue weighted by molar-refractivity contribution is 0.452. The van der Waals surface area contributed by atoms with Crippen LogP contribution in [0.15, 0.2) is 53.7 Å². The van der Waals surface area contributed by atoms with Gasteiger partial charge in [-0.25, -0.2) is 13.4 Å². The van der Waals surface area contributed by atoms with E-state index in [4.69, 9.17) is 0 Å². The van der Waals surface area contributed by atoms with E-state index in [1.54, 1.807) is 22.6 Å². The van der Waals surface area contributed by atoms with E-state index in [-0.39, 0.29) is 10.9 Å². The Morgan fingerprint density at radius 2 is 2.00 bits per heavy atom. The molecule has 0 spiro atoms. The molecule has 7 heteroatoms. The maximum Gasteiger partial charge on any atom is 0.244 e. The van der Waals surface area contributed by atoms with Crippen molar-refractivity contribution in [3.63, 3.8) is 0 Å². The van der Waals surface area contributed by atoms with Crippen molar-refractivity contribution in [2.24, 2.45) is 0 Å². The van der Waals surface area contributed by atoms with Crippen molar-refractivity contribution in [1.82, 2.24) is 18.8 Å². The first-order valence-corrected chi connectivity index (χ1v) is 9.35. The molecule has 124 valence electrons. The second-order valence-electron chi connectivity index (χ2n) is 6.01. The van der Waals surface area contributed by atoms with Gasteiger partial charge in [-0.3, -0.25) is 4.98 Å². The molecule has 24 heavy (non-hydrogen) atoms. The molecule has 0 radical (unpaired) electrons. The first kappa shape index (κ1) is 15.3. The molecule has 6 nitrogen and oxygen atoms in total. The van der Waals surface area contributed by atoms with Crippen molar-refractivity contribution in [3.8, 4) is 0 Å². The summed E-state index contributed by atoms with van der Waals surface area (Å²) in [6, 6.07) is 11.3. The molecule has 1 fully saturated rings. The first-order valence-electron chi connectivity index (χ1n) is 7.91. The lowest BCUT2D eigenvalue weighted by Gasteiger charge is -2.18. The molecule has 1 aliphatic heterocycles. The zero-order valence-electron chi connectivity index (χ0n) is 13.3. The number of nitrogens with zero attached hydrogens (tertiary/aromatic N) is 4. The van der Waals surface area contributed by atoms with Gasteiger partial charge < -0.3 is 4.57 Å². The van der Waals surface area contributed by atoms with Crippen molar-refractivity contribution in [2.45, 2.75) is 24.3 Å². The van der Waals surface area contributed by atoms with E-state index in [1.165, 1.54) is 6.20 Å². The topological polar surface area (TPSA) is 68.1 Å². The normalized spacial score (nSPS) is 19.1. The van der Waals surface area contributed by atoms with Crippen LogP contribution in [-0.4, -0.2) is 40.3 Å². The molecule has 1 saturated heterocycles. The van der Waals surface area contributed by atoms with Crippen molar-refractivity contribution < 1.29 is 8.42 Å². The van der Waals surface area contributed by atoms with Gasteiger partial charge in [-0.2, -0.15) is 4.31 Å². The van der Waals surface area contributed by atoms with E-state index in [9.17, 15) is 8.42 Å². The summed E-state index contributed by atoms with van der Waals surface area (Å²) < 4.78 is 29.2. The number of fused-ring (bicyclic) bond motifs is 1. The Bertz CT molecular complexity index is 982. The van der Waals surface area contributed by atoms with Crippen LogP contribution in [0.4, 0.5) is 0 Å². The fourth-order valence-electron chi connectivity index (χ4n) is 3.41. The minimum Gasteiger partial charge on any atom is -0.324 e. The van der Waals surface area contributed by atoms with Crippen molar-refractivity contribution in [3.05, 3.63) is 54.6 Å². The van der Waals surface area contributed by atoms with Gasteiger partial charge in [-0.1, -0.05) is 12.1 Å². The predicted octanol–water partition coefficient (Wildman–Crippen LogP) is 2.38. The highest BCUT2D eigenvalue weighted by Gasteiger charge is 2.34. The van der Waals surface area contributed by atoms with Crippen LogP contribution in [-0.2, 0) is 10.0 Å². The molecule has 1 aromatic carbocycles. The number of aryl methyl sites for hydroxylation is 1. The lowest BCUT2D eigenvalue weighted by atomic mass is 10.2. The van der Waals surface area contributed by atoms with Gasteiger partial charge in [0.2, 0.25) is 10.0 Å². The van der Waals surface area contributed by atoms with Crippen LogP contribution in [0.2, 0.25) is 0 Å². The highest BCUT2D eigenvalue weighted by molar-refractivity contribution is 7.89. The second-order valence-corrected chi connectivity index (χ2v) is 7.95. The summed E-state index contributed by atoms with van der Waals surface area (Å²) in [5, 5.41) is 0. The van der Waals surface area contributed by atoms with Gasteiger partial charge in [0.1, 0.15) is 10.7 Å². The third-order valence-electron chi connectivity index (χ3n) is 4.54. The molecule has 0 saturated carbocycles. The number of aromatic nitrogens is 3. The molecule has 0 aliphatic carbocycles. The zero-order chi connectivity index (χ0) is 16.7. The molecule has 1 atom stereocenters. The Morgan fingerprint density at radius 3 is 2.79 bits per heavy atom. The quantitative estimate of drug-likeness (QED) is 0.733. The van der Waals surface area contributed by atoms with Crippen molar-refractivity contribution in [2.75, 3.05) is 13.1 Å². The van der Waals surface area contributed by atoms with E-state index in [2.05, 4.69) is 14.5 Å². The average Bonchev–Trinajstić information content (AvgIpc) is 3.19. The highest BCUT2D eigenvalue weighted by Crippen LogP contribution is 2.30. The number of hydrogen-bond donors (Lipinski definition) is 0. The van der Waals surface area contributed by atoms with Gasteiger partial charge in [0, 0.05) is 25.5 Å². The summed E-state index contributed by atoms with van der Waals surface area (Å²) in [4.78, 5) is 8.76. The van der Waals surface area contributed by atoms with Gasteiger partial charge in [0.15, 0.2) is 0 Å². The molecule has 1 aliphatic rings. The average molecular weight is 342 g/mol. The van der Waals surface area contributed by atoms with Crippen LogP contribution in [0.25, 0.3) is 11.0 Å². The molecular weight excluding hydrogens is 324 g/mol. The molecule has 3 heterocycles. The molecule has 2 aromatic heterocycles. The maximum absolute atomic E-state index is 12.8. The summed E-state index contributed by atoms with van der Waals surface area (Å²) >= 11 is 0. The van der Waals surface area contributed by atoms with E-state index in [0.29, 0.717) is 13.1 Å². The van der Waals surface area contributed by atoms with Crippen LogP contribution >= 0.6 is 0 Å². The molecule has 0 N–H and O–H groups in total. The monoisotopic (exact) mass is 342 g/mol. The standard InChI is InChI=1S/C17H18N4O2S/c1-13-19-16-6-2-3-7-17(16)21(13)14-8-10-20(12-14)24(22,23)15-5-4-9-18-11-15/h2-7,9,11,14H,8,10,12H2,1H3/t14-/m1/s1. The number of benzene rings is 1. The fraction of sp³-hybridized carbons (Fsp3) is 0.294. The van der Waals surface area contributed by atoms with Crippen LogP contribution in [0, 0.1) is 6.92 Å². The number of para-hydroxylation sites is 2. The van der Waals surface area contributed by atoms with Gasteiger partial charge in [0.25, 0.3) is 0 Å². The summed E-state index contributed by atoms with van der Waals surface area (Å²) in [6.45, 7) is 2.94. The minimum atomic E-state index is -3.49. The van der Waals surface area contributed by atoms with Crippen molar-refractivity contribution in [1.29, 1.82) is 0 Å². The largest absolute Gasteiger partial charge is 0.324 e. The van der Waals surface area contributed by atoms with Crippen molar-refractivity contribution >= 4 is 21.1 Å². The Morgan fingerprint density at radius 1 is 1.17 bits per heavy atom. The fourth-order valence-corrected chi connectivity index (χ4v) is 4.87. The Kier molecular flexibility index (Phi) is 3.62. The SMILES string of the molecule is Cc1nc2ccccc2n1[C@@H]1CCN(S(=O)(=O)c2cccnc2)C1. The molecule has 0 bridgehead atoms. The van der Waals surface area contributed by atoms with Gasteiger partial charge >= 0.3 is 0 Å². The highest BCUT2D eigenvalue weighted by atomic mass is 32.2. The Balaban J connectivity index is 1.66. The van der Waals surface area contributed by atoms with Gasteiger partial charge in [0.05, 0.1) is 17.1 Å². The summed E-state index contributed by atoms with van der Waals surface area (Å²) in [5.41, 5.74) is 2.00. The first-order chi connectivity index (χ1) is 11.6. The van der Waals surface area contributed by atoms with Crippen LogP contribution in [0.1, 0.15) is 18.3 Å². The maximum atomic E-state index is 12.8. The molecule has 0 unspecified atom stereocenters. The van der Waals surface area contributed by atoms with E-state index in [1.807, 2.05) is 31.2 Å². The van der Waals surface area contributed by atoms with Gasteiger partial charge in [-0.05, 0) is 37.6 Å². The van der Waals surface area contributed by atoms with E-state index in [0.717, 1.165) is 23.3 Å². The van der Waals surface area contributed by atoms with E-state index >= 15 is 0 Å². The number of rotatable bonds is 3. The number of imidazole rings is 1. The second kappa shape index (κ2) is 5.68. The lowest BCUT2D eigenvalue weighted by Crippen LogP contribution is -2.29. The summed E-state index contributed by atoms with van der Waals surface area (Å²) in [6.07, 6.45) is 3.76. The molecule has 3 aromatic rings. The van der Waals surface area contributed by atoms with Crippen LogP contribution < -0.4 is 0 Å². The third-order valence-corrected chi connectivity index (χ3v) is 6.38. The molecule has 4 rings (SSSR count). The number of hydrogen-bond acceptors (Lipinski definition) is 4. The van der Waals surface area contributed by atoms with E-state index < -0.39 is 10.0 Å². The van der Waals surface area contributed by atoms with Crippen LogP contribution in [0.5, 0.6) is 0 Å². The number of pyridine rings is 1.